The van der Waals surface area contributed by atoms with E-state index in [4.69, 9.17) is 0 Å². The van der Waals surface area contributed by atoms with Crippen molar-refractivity contribution in [3.63, 3.8) is 0 Å². The van der Waals surface area contributed by atoms with Crippen molar-refractivity contribution in [2.24, 2.45) is 11.8 Å². The highest BCUT2D eigenvalue weighted by atomic mass is 16.1. The van der Waals surface area contributed by atoms with Gasteiger partial charge in [0.25, 0.3) is 0 Å². The quantitative estimate of drug-likeness (QED) is 0.609. The normalized spacial score (nSPS) is 28.4. The molecule has 0 bridgehead atoms. The van der Waals surface area contributed by atoms with Crippen molar-refractivity contribution in [2.45, 2.75) is 46.5 Å². The van der Waals surface area contributed by atoms with E-state index in [1.165, 1.54) is 18.4 Å². The highest BCUT2D eigenvalue weighted by Crippen LogP contribution is 2.33. The summed E-state index contributed by atoms with van der Waals surface area (Å²) in [5.74, 6) is 1.30. The van der Waals surface area contributed by atoms with Crippen molar-refractivity contribution < 1.29 is 4.79 Å². The summed E-state index contributed by atoms with van der Waals surface area (Å²) in [5, 5.41) is 0. The van der Waals surface area contributed by atoms with Crippen molar-refractivity contribution in [1.82, 2.24) is 0 Å². The molecule has 1 heteroatoms. The Labute approximate surface area is 81.2 Å². The number of Topliss-reactive ketones (excluding diaryl/α,β-unsaturated/α-hetero) is 1. The average molecular weight is 180 g/mol. The molecule has 0 aromatic rings. The zero-order valence-corrected chi connectivity index (χ0v) is 8.97. The Morgan fingerprint density at radius 1 is 1.62 bits per heavy atom. The molecular weight excluding hydrogens is 160 g/mol. The fourth-order valence-corrected chi connectivity index (χ4v) is 2.33. The van der Waals surface area contributed by atoms with Crippen LogP contribution in [-0.4, -0.2) is 5.78 Å². The van der Waals surface area contributed by atoms with E-state index in [1.54, 1.807) is 6.92 Å². The number of carbonyl (C=O) groups excluding carboxylic acids is 1. The molecule has 0 aromatic carbocycles. The summed E-state index contributed by atoms with van der Waals surface area (Å²) >= 11 is 0. The summed E-state index contributed by atoms with van der Waals surface area (Å²) in [4.78, 5) is 11.4. The van der Waals surface area contributed by atoms with Crippen LogP contribution in [-0.2, 0) is 4.79 Å². The van der Waals surface area contributed by atoms with Crippen molar-refractivity contribution in [2.75, 3.05) is 0 Å². The molecule has 2 unspecified atom stereocenters. The lowest BCUT2D eigenvalue weighted by Gasteiger charge is -2.28. The Bertz CT molecular complexity index is 215. The smallest absolute Gasteiger partial charge is 0.133 e. The van der Waals surface area contributed by atoms with Gasteiger partial charge in [0.05, 0.1) is 0 Å². The minimum absolute atomic E-state index is 0.309. The van der Waals surface area contributed by atoms with Crippen molar-refractivity contribution in [3.05, 3.63) is 11.6 Å². The van der Waals surface area contributed by atoms with Crippen LogP contribution in [0.1, 0.15) is 46.5 Å². The molecule has 0 radical (unpaired) electrons. The molecule has 1 rings (SSSR count). The SMILES string of the molecule is CCCC1CC(C)=CCC1C(C)=O. The predicted octanol–water partition coefficient (Wildman–Crippen LogP) is 3.35. The Kier molecular flexibility index (Phi) is 3.71. The third kappa shape index (κ3) is 2.68. The summed E-state index contributed by atoms with van der Waals surface area (Å²) < 4.78 is 0. The molecule has 13 heavy (non-hydrogen) atoms. The molecule has 0 aliphatic heterocycles. The zero-order valence-electron chi connectivity index (χ0n) is 8.97. The summed E-state index contributed by atoms with van der Waals surface area (Å²) in [6.07, 6.45) is 6.75. The van der Waals surface area contributed by atoms with Gasteiger partial charge in [0.1, 0.15) is 5.78 Å². The first kappa shape index (κ1) is 10.5. The summed E-state index contributed by atoms with van der Waals surface area (Å²) in [6.45, 7) is 6.12. The molecule has 1 aliphatic rings. The Hall–Kier alpha value is -0.590. The third-order valence-corrected chi connectivity index (χ3v) is 3.06. The Balaban J connectivity index is 2.65. The van der Waals surface area contributed by atoms with Crippen LogP contribution in [0.4, 0.5) is 0 Å². The van der Waals surface area contributed by atoms with Gasteiger partial charge < -0.3 is 0 Å². The first-order chi connectivity index (χ1) is 6.15. The zero-order chi connectivity index (χ0) is 9.84. The number of hydrogen-bond donors (Lipinski definition) is 0. The van der Waals surface area contributed by atoms with Crippen LogP contribution >= 0.6 is 0 Å². The van der Waals surface area contributed by atoms with Gasteiger partial charge in [-0.3, -0.25) is 4.79 Å². The van der Waals surface area contributed by atoms with Crippen molar-refractivity contribution in [3.8, 4) is 0 Å². The van der Waals surface area contributed by atoms with Crippen LogP contribution in [0.5, 0.6) is 0 Å². The summed E-state index contributed by atoms with van der Waals surface area (Å²) in [7, 11) is 0. The lowest BCUT2D eigenvalue weighted by atomic mass is 9.76. The highest BCUT2D eigenvalue weighted by Gasteiger charge is 2.26. The van der Waals surface area contributed by atoms with Crippen molar-refractivity contribution in [1.29, 1.82) is 0 Å². The molecular formula is C12H20O. The van der Waals surface area contributed by atoms with Gasteiger partial charge in [-0.1, -0.05) is 25.0 Å². The van der Waals surface area contributed by atoms with Crippen LogP contribution in [0.2, 0.25) is 0 Å². The minimum Gasteiger partial charge on any atom is -0.300 e. The first-order valence-corrected chi connectivity index (χ1v) is 5.31. The maximum Gasteiger partial charge on any atom is 0.133 e. The minimum atomic E-state index is 0.309. The van der Waals surface area contributed by atoms with Crippen LogP contribution in [0, 0.1) is 11.8 Å². The number of ketones is 1. The third-order valence-electron chi connectivity index (χ3n) is 3.06. The van der Waals surface area contributed by atoms with Gasteiger partial charge in [0, 0.05) is 5.92 Å². The van der Waals surface area contributed by atoms with Gasteiger partial charge in [0.15, 0.2) is 0 Å². The van der Waals surface area contributed by atoms with E-state index in [0.29, 0.717) is 17.6 Å². The van der Waals surface area contributed by atoms with Gasteiger partial charge in [-0.2, -0.15) is 0 Å². The first-order valence-electron chi connectivity index (χ1n) is 5.31. The Morgan fingerprint density at radius 2 is 2.31 bits per heavy atom. The second-order valence-electron chi connectivity index (χ2n) is 4.26. The molecule has 0 saturated carbocycles. The topological polar surface area (TPSA) is 17.1 Å². The second-order valence-corrected chi connectivity index (χ2v) is 4.26. The molecule has 0 N–H and O–H groups in total. The average Bonchev–Trinajstić information content (AvgIpc) is 2.04. The van der Waals surface area contributed by atoms with Gasteiger partial charge in [0.2, 0.25) is 0 Å². The number of rotatable bonds is 3. The molecule has 0 heterocycles. The largest absolute Gasteiger partial charge is 0.300 e. The molecule has 0 fully saturated rings. The number of allylic oxidation sites excluding steroid dienone is 2. The standard InChI is InChI=1S/C12H20O/c1-4-5-11-8-9(2)6-7-12(11)10(3)13/h6,11-12H,4-5,7-8H2,1-3H3. The fourth-order valence-electron chi connectivity index (χ4n) is 2.33. The molecule has 0 spiro atoms. The van der Waals surface area contributed by atoms with Gasteiger partial charge >= 0.3 is 0 Å². The predicted molar refractivity (Wildman–Crippen MR) is 55.6 cm³/mol. The lowest BCUT2D eigenvalue weighted by molar-refractivity contribution is -0.122. The van der Waals surface area contributed by atoms with E-state index in [2.05, 4.69) is 19.9 Å². The number of hydrogen-bond acceptors (Lipinski definition) is 1. The molecule has 0 aromatic heterocycles. The number of carbonyl (C=O) groups is 1. The molecule has 0 amide bonds. The molecule has 1 aliphatic carbocycles. The summed E-state index contributed by atoms with van der Waals surface area (Å²) in [6, 6.07) is 0. The summed E-state index contributed by atoms with van der Waals surface area (Å²) in [5.41, 5.74) is 1.47. The highest BCUT2D eigenvalue weighted by molar-refractivity contribution is 5.79. The molecule has 74 valence electrons. The van der Waals surface area contributed by atoms with E-state index >= 15 is 0 Å². The fraction of sp³-hybridized carbons (Fsp3) is 0.750. The monoisotopic (exact) mass is 180 g/mol. The maximum atomic E-state index is 11.4. The van der Waals surface area contributed by atoms with E-state index in [-0.39, 0.29) is 0 Å². The van der Waals surface area contributed by atoms with Gasteiger partial charge in [-0.15, -0.1) is 0 Å². The van der Waals surface area contributed by atoms with Crippen LogP contribution in [0.15, 0.2) is 11.6 Å². The van der Waals surface area contributed by atoms with Crippen molar-refractivity contribution >= 4 is 5.78 Å². The van der Waals surface area contributed by atoms with Crippen LogP contribution in [0.3, 0.4) is 0 Å². The van der Waals surface area contributed by atoms with E-state index < -0.39 is 0 Å². The molecule has 1 nitrogen and oxygen atoms in total. The van der Waals surface area contributed by atoms with E-state index in [1.807, 2.05) is 0 Å². The van der Waals surface area contributed by atoms with Crippen LogP contribution in [0.25, 0.3) is 0 Å². The van der Waals surface area contributed by atoms with E-state index in [9.17, 15) is 4.79 Å². The van der Waals surface area contributed by atoms with Gasteiger partial charge in [-0.05, 0) is 39.0 Å². The molecule has 0 saturated heterocycles. The van der Waals surface area contributed by atoms with E-state index in [0.717, 1.165) is 12.8 Å². The van der Waals surface area contributed by atoms with Crippen LogP contribution < -0.4 is 0 Å². The second kappa shape index (κ2) is 4.59. The molecule has 2 atom stereocenters. The Morgan fingerprint density at radius 3 is 2.85 bits per heavy atom. The lowest BCUT2D eigenvalue weighted by Crippen LogP contribution is -2.24. The maximum absolute atomic E-state index is 11.4. The van der Waals surface area contributed by atoms with Gasteiger partial charge in [-0.25, -0.2) is 0 Å².